The highest BCUT2D eigenvalue weighted by Gasteiger charge is 2.37. The summed E-state index contributed by atoms with van der Waals surface area (Å²) in [7, 11) is -1.66. The third-order valence-corrected chi connectivity index (χ3v) is 8.87. The van der Waals surface area contributed by atoms with Crippen molar-refractivity contribution in [3.05, 3.63) is 0 Å². The van der Waals surface area contributed by atoms with E-state index in [1.807, 2.05) is 6.92 Å². The minimum atomic E-state index is -1.66. The molecule has 0 aromatic carbocycles. The van der Waals surface area contributed by atoms with Crippen LogP contribution in [0.1, 0.15) is 40.5 Å². The molecule has 0 spiro atoms. The van der Waals surface area contributed by atoms with Crippen LogP contribution in [0.25, 0.3) is 0 Å². The van der Waals surface area contributed by atoms with Crippen LogP contribution in [0.4, 0.5) is 0 Å². The SMILES string of the molecule is C[C@H](CO)[C@@H]1CC(CCO[Si](C)(C)C(C)(C)C)=NO1. The first-order valence-corrected chi connectivity index (χ1v) is 10.0. The first kappa shape index (κ1) is 16.7. The fourth-order valence-corrected chi connectivity index (χ4v) is 2.71. The van der Waals surface area contributed by atoms with Crippen molar-refractivity contribution in [2.75, 3.05) is 13.2 Å². The minimum Gasteiger partial charge on any atom is -0.416 e. The van der Waals surface area contributed by atoms with Crippen LogP contribution in [0.15, 0.2) is 5.16 Å². The van der Waals surface area contributed by atoms with Gasteiger partial charge in [-0.1, -0.05) is 32.9 Å². The third kappa shape index (κ3) is 4.58. The molecule has 0 aliphatic carbocycles. The van der Waals surface area contributed by atoms with Crippen LogP contribution >= 0.6 is 0 Å². The number of aliphatic hydroxyl groups excluding tert-OH is 1. The molecule has 0 fully saturated rings. The van der Waals surface area contributed by atoms with E-state index in [4.69, 9.17) is 14.4 Å². The maximum absolute atomic E-state index is 9.10. The Morgan fingerprint density at radius 3 is 2.63 bits per heavy atom. The lowest BCUT2D eigenvalue weighted by molar-refractivity contribution is 0.0249. The summed E-state index contributed by atoms with van der Waals surface area (Å²) in [6.07, 6.45) is 1.69. The van der Waals surface area contributed by atoms with Gasteiger partial charge in [0.05, 0.1) is 5.71 Å². The number of rotatable bonds is 6. The van der Waals surface area contributed by atoms with E-state index in [-0.39, 0.29) is 23.7 Å². The summed E-state index contributed by atoms with van der Waals surface area (Å²) in [5.41, 5.74) is 1.06. The average molecular weight is 287 g/mol. The van der Waals surface area contributed by atoms with E-state index < -0.39 is 8.32 Å². The average Bonchev–Trinajstić information content (AvgIpc) is 2.75. The third-order valence-electron chi connectivity index (χ3n) is 4.34. The lowest BCUT2D eigenvalue weighted by Crippen LogP contribution is -2.41. The first-order chi connectivity index (χ1) is 8.67. The molecule has 0 radical (unpaired) electrons. The molecule has 0 unspecified atom stereocenters. The zero-order valence-electron chi connectivity index (χ0n) is 13.2. The van der Waals surface area contributed by atoms with E-state index in [0.29, 0.717) is 0 Å². The highest BCUT2D eigenvalue weighted by Crippen LogP contribution is 2.36. The molecule has 4 nitrogen and oxygen atoms in total. The molecule has 0 saturated carbocycles. The van der Waals surface area contributed by atoms with Crippen molar-refractivity contribution in [3.8, 4) is 0 Å². The molecule has 0 bridgehead atoms. The second-order valence-electron chi connectivity index (χ2n) is 7.02. The second-order valence-corrected chi connectivity index (χ2v) is 11.8. The Morgan fingerprint density at radius 1 is 1.47 bits per heavy atom. The van der Waals surface area contributed by atoms with Crippen molar-refractivity contribution >= 4 is 14.0 Å². The molecule has 1 N–H and O–H groups in total. The Hall–Kier alpha value is -0.393. The highest BCUT2D eigenvalue weighted by molar-refractivity contribution is 6.74. The van der Waals surface area contributed by atoms with Gasteiger partial charge in [0, 0.05) is 32.0 Å². The molecule has 1 aliphatic heterocycles. The predicted octanol–water partition coefficient (Wildman–Crippen LogP) is 3.17. The van der Waals surface area contributed by atoms with Gasteiger partial charge in [-0.3, -0.25) is 0 Å². The first-order valence-electron chi connectivity index (χ1n) is 7.14. The Morgan fingerprint density at radius 2 is 2.11 bits per heavy atom. The predicted molar refractivity (Wildman–Crippen MR) is 80.9 cm³/mol. The highest BCUT2D eigenvalue weighted by atomic mass is 28.4. The van der Waals surface area contributed by atoms with Gasteiger partial charge in [-0.25, -0.2) is 0 Å². The molecule has 19 heavy (non-hydrogen) atoms. The number of aliphatic hydroxyl groups is 1. The summed E-state index contributed by atoms with van der Waals surface area (Å²) in [5.74, 6) is 0.141. The van der Waals surface area contributed by atoms with Crippen molar-refractivity contribution in [1.82, 2.24) is 0 Å². The maximum Gasteiger partial charge on any atom is 0.191 e. The van der Waals surface area contributed by atoms with Crippen LogP contribution in [0.3, 0.4) is 0 Å². The summed E-state index contributed by atoms with van der Waals surface area (Å²) in [4.78, 5) is 5.35. The van der Waals surface area contributed by atoms with Crippen LogP contribution in [0.5, 0.6) is 0 Å². The van der Waals surface area contributed by atoms with Crippen LogP contribution in [-0.4, -0.2) is 38.5 Å². The zero-order chi connectivity index (χ0) is 14.7. The van der Waals surface area contributed by atoms with Gasteiger partial charge < -0.3 is 14.4 Å². The zero-order valence-corrected chi connectivity index (χ0v) is 14.2. The van der Waals surface area contributed by atoms with E-state index in [9.17, 15) is 0 Å². The monoisotopic (exact) mass is 287 g/mol. The molecule has 0 saturated heterocycles. The van der Waals surface area contributed by atoms with E-state index in [2.05, 4.69) is 39.0 Å². The molecule has 112 valence electrons. The maximum atomic E-state index is 9.10. The van der Waals surface area contributed by atoms with Crippen LogP contribution in [0.2, 0.25) is 18.1 Å². The van der Waals surface area contributed by atoms with E-state index in [1.54, 1.807) is 0 Å². The fraction of sp³-hybridized carbons (Fsp3) is 0.929. The Labute approximate surface area is 118 Å². The van der Waals surface area contributed by atoms with Gasteiger partial charge in [-0.05, 0) is 18.1 Å². The van der Waals surface area contributed by atoms with Crippen LogP contribution in [-0.2, 0) is 9.26 Å². The molecule has 1 heterocycles. The molecule has 0 amide bonds. The summed E-state index contributed by atoms with van der Waals surface area (Å²) in [6.45, 7) is 14.1. The van der Waals surface area contributed by atoms with Gasteiger partial charge in [0.1, 0.15) is 6.10 Å². The molecular weight excluding hydrogens is 258 g/mol. The summed E-state index contributed by atoms with van der Waals surface area (Å²) < 4.78 is 6.13. The molecule has 1 rings (SSSR count). The van der Waals surface area contributed by atoms with Crippen molar-refractivity contribution in [1.29, 1.82) is 0 Å². The number of oxime groups is 1. The van der Waals surface area contributed by atoms with Gasteiger partial charge in [0.25, 0.3) is 0 Å². The molecular formula is C14H29NO3Si. The van der Waals surface area contributed by atoms with E-state index in [0.717, 1.165) is 25.2 Å². The van der Waals surface area contributed by atoms with Crippen molar-refractivity contribution in [2.45, 2.75) is 64.8 Å². The van der Waals surface area contributed by atoms with Crippen LogP contribution < -0.4 is 0 Å². The molecule has 0 aromatic rings. The summed E-state index contributed by atoms with van der Waals surface area (Å²) >= 11 is 0. The van der Waals surface area contributed by atoms with Crippen LogP contribution in [0, 0.1) is 5.92 Å². The standard InChI is InChI=1S/C14H29NO3Si/c1-11(10-16)13-9-12(15-18-13)7-8-17-19(5,6)14(2,3)4/h11,13,16H,7-10H2,1-6H3/t11-,13+/m1/s1. The minimum absolute atomic E-state index is 0.0351. The van der Waals surface area contributed by atoms with Gasteiger partial charge >= 0.3 is 0 Å². The fourth-order valence-electron chi connectivity index (χ4n) is 1.66. The Balaban J connectivity index is 2.32. The largest absolute Gasteiger partial charge is 0.416 e. The normalized spacial score (nSPS) is 22.1. The van der Waals surface area contributed by atoms with Crippen molar-refractivity contribution in [2.24, 2.45) is 11.1 Å². The summed E-state index contributed by atoms with van der Waals surface area (Å²) in [6, 6.07) is 0. The summed E-state index contributed by atoms with van der Waals surface area (Å²) in [5, 5.41) is 13.5. The van der Waals surface area contributed by atoms with Crippen molar-refractivity contribution < 1.29 is 14.4 Å². The second kappa shape index (κ2) is 6.37. The number of hydrogen-bond donors (Lipinski definition) is 1. The van der Waals surface area contributed by atoms with Crippen molar-refractivity contribution in [3.63, 3.8) is 0 Å². The van der Waals surface area contributed by atoms with Gasteiger partial charge in [-0.15, -0.1) is 0 Å². The van der Waals surface area contributed by atoms with E-state index in [1.165, 1.54) is 0 Å². The lowest BCUT2D eigenvalue weighted by atomic mass is 10.0. The van der Waals surface area contributed by atoms with Gasteiger partial charge in [0.15, 0.2) is 8.32 Å². The Bertz CT molecular complexity index is 323. The molecule has 1 aliphatic rings. The Kier molecular flexibility index (Phi) is 5.59. The molecule has 0 aromatic heterocycles. The number of nitrogens with zero attached hydrogens (tertiary/aromatic N) is 1. The topological polar surface area (TPSA) is 51.0 Å². The van der Waals surface area contributed by atoms with Gasteiger partial charge in [0.2, 0.25) is 0 Å². The van der Waals surface area contributed by atoms with Gasteiger partial charge in [-0.2, -0.15) is 0 Å². The molecule has 2 atom stereocenters. The smallest absolute Gasteiger partial charge is 0.191 e. The lowest BCUT2D eigenvalue weighted by Gasteiger charge is -2.36. The molecule has 5 heteroatoms. The number of hydrogen-bond acceptors (Lipinski definition) is 4. The van der Waals surface area contributed by atoms with E-state index >= 15 is 0 Å². The quantitative estimate of drug-likeness (QED) is 0.763.